The lowest BCUT2D eigenvalue weighted by molar-refractivity contribution is -0.0526. The molecular weight excluding hydrogens is 306 g/mol. The van der Waals surface area contributed by atoms with Crippen molar-refractivity contribution in [1.29, 1.82) is 0 Å². The third-order valence-electron chi connectivity index (χ3n) is 3.80. The molecule has 2 N–H and O–H groups in total. The summed E-state index contributed by atoms with van der Waals surface area (Å²) in [7, 11) is 0. The molecule has 4 rings (SSSR count). The number of hydrogen-bond acceptors (Lipinski definition) is 3. The standard InChI is InChI=1S/C15H12F2N4O2/c16-15(17)23-12-2-1-9-10(6-19-13(9)20-12)8-5-11-14(22)18-3-4-21(11)7-8/h1-2,5-7,15H,3-4H2,(H,18,22)(H,19,20). The summed E-state index contributed by atoms with van der Waals surface area (Å²) < 4.78 is 30.7. The summed E-state index contributed by atoms with van der Waals surface area (Å²) in [5.41, 5.74) is 2.77. The summed E-state index contributed by atoms with van der Waals surface area (Å²) in [4.78, 5) is 18.8. The van der Waals surface area contributed by atoms with Crippen LogP contribution >= 0.6 is 0 Å². The van der Waals surface area contributed by atoms with Gasteiger partial charge >= 0.3 is 6.61 Å². The maximum Gasteiger partial charge on any atom is 0.388 e. The highest BCUT2D eigenvalue weighted by atomic mass is 19.3. The lowest BCUT2D eigenvalue weighted by atomic mass is 10.1. The van der Waals surface area contributed by atoms with E-state index in [1.807, 2.05) is 10.8 Å². The Bertz CT molecular complexity index is 900. The maximum atomic E-state index is 12.2. The SMILES string of the molecule is O=C1NCCn2cc(-c3c[nH]c4nc(OC(F)F)ccc34)cc21. The Balaban J connectivity index is 1.76. The van der Waals surface area contributed by atoms with E-state index >= 15 is 0 Å². The average molecular weight is 318 g/mol. The van der Waals surface area contributed by atoms with Crippen molar-refractivity contribution in [3.05, 3.63) is 36.3 Å². The molecule has 0 atom stereocenters. The predicted octanol–water partition coefficient (Wildman–Crippen LogP) is 2.38. The minimum Gasteiger partial charge on any atom is -0.417 e. The highest BCUT2D eigenvalue weighted by molar-refractivity contribution is 5.98. The fourth-order valence-corrected chi connectivity index (χ4v) is 2.80. The largest absolute Gasteiger partial charge is 0.417 e. The van der Waals surface area contributed by atoms with Gasteiger partial charge in [0.2, 0.25) is 5.88 Å². The molecule has 6 nitrogen and oxygen atoms in total. The number of nitrogens with one attached hydrogen (secondary N) is 2. The van der Waals surface area contributed by atoms with Gasteiger partial charge in [-0.25, -0.2) is 0 Å². The molecule has 1 aliphatic heterocycles. The van der Waals surface area contributed by atoms with E-state index in [-0.39, 0.29) is 11.8 Å². The van der Waals surface area contributed by atoms with Gasteiger partial charge in [0.1, 0.15) is 11.3 Å². The van der Waals surface area contributed by atoms with Gasteiger partial charge in [-0.05, 0) is 12.1 Å². The highest BCUT2D eigenvalue weighted by Gasteiger charge is 2.19. The summed E-state index contributed by atoms with van der Waals surface area (Å²) in [6, 6.07) is 4.87. The van der Waals surface area contributed by atoms with Crippen molar-refractivity contribution in [3.8, 4) is 17.0 Å². The number of aromatic nitrogens is 3. The van der Waals surface area contributed by atoms with Crippen molar-refractivity contribution >= 4 is 16.9 Å². The summed E-state index contributed by atoms with van der Waals surface area (Å²) in [5, 5.41) is 3.57. The van der Waals surface area contributed by atoms with E-state index < -0.39 is 6.61 Å². The van der Waals surface area contributed by atoms with Crippen LogP contribution in [0.3, 0.4) is 0 Å². The van der Waals surface area contributed by atoms with Crippen molar-refractivity contribution in [2.24, 2.45) is 0 Å². The Morgan fingerprint density at radius 3 is 3.00 bits per heavy atom. The normalized spacial score (nSPS) is 14.1. The van der Waals surface area contributed by atoms with Gasteiger partial charge in [-0.15, -0.1) is 0 Å². The maximum absolute atomic E-state index is 12.2. The lowest BCUT2D eigenvalue weighted by Crippen LogP contribution is -2.34. The van der Waals surface area contributed by atoms with Crippen molar-refractivity contribution in [1.82, 2.24) is 19.9 Å². The molecule has 0 bridgehead atoms. The minimum atomic E-state index is -2.91. The average Bonchev–Trinajstić information content (AvgIpc) is 3.10. The molecule has 3 aromatic rings. The first kappa shape index (κ1) is 13.7. The zero-order valence-corrected chi connectivity index (χ0v) is 11.8. The van der Waals surface area contributed by atoms with Gasteiger partial charge < -0.3 is 19.6 Å². The first-order valence-electron chi connectivity index (χ1n) is 7.03. The smallest absolute Gasteiger partial charge is 0.388 e. The number of carbonyl (C=O) groups excluding carboxylic acids is 1. The van der Waals surface area contributed by atoms with Crippen molar-refractivity contribution in [3.63, 3.8) is 0 Å². The zero-order valence-electron chi connectivity index (χ0n) is 11.8. The summed E-state index contributed by atoms with van der Waals surface area (Å²) >= 11 is 0. The van der Waals surface area contributed by atoms with Crippen molar-refractivity contribution < 1.29 is 18.3 Å². The number of hydrogen-bond donors (Lipinski definition) is 2. The Kier molecular flexibility index (Phi) is 3.03. The fraction of sp³-hybridized carbons (Fsp3) is 0.200. The molecule has 0 unspecified atom stereocenters. The summed E-state index contributed by atoms with van der Waals surface area (Å²) in [6.45, 7) is -1.59. The molecule has 0 aromatic carbocycles. The first-order chi connectivity index (χ1) is 11.1. The number of aromatic amines is 1. The van der Waals surface area contributed by atoms with Gasteiger partial charge in [0.15, 0.2) is 0 Å². The molecule has 3 aromatic heterocycles. The number of fused-ring (bicyclic) bond motifs is 2. The number of H-pyrrole nitrogens is 1. The van der Waals surface area contributed by atoms with E-state index in [4.69, 9.17) is 0 Å². The number of carbonyl (C=O) groups is 1. The Labute approximate surface area is 129 Å². The van der Waals surface area contributed by atoms with Crippen molar-refractivity contribution in [2.75, 3.05) is 6.54 Å². The first-order valence-corrected chi connectivity index (χ1v) is 7.03. The van der Waals surface area contributed by atoms with E-state index in [9.17, 15) is 13.6 Å². The van der Waals surface area contributed by atoms with E-state index in [0.29, 0.717) is 24.4 Å². The third kappa shape index (κ3) is 2.32. The van der Waals surface area contributed by atoms with Crippen LogP contribution in [0.5, 0.6) is 5.88 Å². The Hall–Kier alpha value is -2.90. The van der Waals surface area contributed by atoms with Gasteiger partial charge in [0.05, 0.1) is 0 Å². The van der Waals surface area contributed by atoms with Crippen LogP contribution in [0, 0.1) is 0 Å². The molecular formula is C15H12F2N4O2. The topological polar surface area (TPSA) is 71.9 Å². The van der Waals surface area contributed by atoms with Crippen LogP contribution in [-0.2, 0) is 6.54 Å². The number of amides is 1. The lowest BCUT2D eigenvalue weighted by Gasteiger charge is -2.14. The van der Waals surface area contributed by atoms with Crippen LogP contribution in [0.4, 0.5) is 8.78 Å². The molecule has 118 valence electrons. The van der Waals surface area contributed by atoms with Crippen LogP contribution in [0.2, 0.25) is 0 Å². The summed E-state index contributed by atoms with van der Waals surface area (Å²) in [6.07, 6.45) is 3.64. The van der Waals surface area contributed by atoms with E-state index in [1.165, 1.54) is 6.07 Å². The number of ether oxygens (including phenoxy) is 1. The Morgan fingerprint density at radius 1 is 1.35 bits per heavy atom. The highest BCUT2D eigenvalue weighted by Crippen LogP contribution is 2.31. The van der Waals surface area contributed by atoms with Gasteiger partial charge in [0, 0.05) is 48.1 Å². The monoisotopic (exact) mass is 318 g/mol. The second kappa shape index (κ2) is 5.08. The fourth-order valence-electron chi connectivity index (χ4n) is 2.80. The molecule has 23 heavy (non-hydrogen) atoms. The molecule has 1 aliphatic rings. The van der Waals surface area contributed by atoms with Gasteiger partial charge in [-0.1, -0.05) is 0 Å². The molecule has 0 aliphatic carbocycles. The van der Waals surface area contributed by atoms with E-state index in [2.05, 4.69) is 20.0 Å². The van der Waals surface area contributed by atoms with Crippen LogP contribution in [0.25, 0.3) is 22.2 Å². The second-order valence-electron chi connectivity index (χ2n) is 5.19. The van der Waals surface area contributed by atoms with Gasteiger partial charge in [-0.2, -0.15) is 13.8 Å². The number of nitrogens with zero attached hydrogens (tertiary/aromatic N) is 2. The van der Waals surface area contributed by atoms with Crippen LogP contribution in [0.15, 0.2) is 30.6 Å². The number of alkyl halides is 2. The molecule has 0 saturated carbocycles. The van der Waals surface area contributed by atoms with Crippen LogP contribution in [-0.4, -0.2) is 33.6 Å². The Morgan fingerprint density at radius 2 is 2.22 bits per heavy atom. The minimum absolute atomic E-state index is 0.104. The van der Waals surface area contributed by atoms with Crippen molar-refractivity contribution in [2.45, 2.75) is 13.2 Å². The molecule has 0 radical (unpaired) electrons. The zero-order chi connectivity index (χ0) is 16.0. The molecule has 0 fully saturated rings. The predicted molar refractivity (Wildman–Crippen MR) is 78.5 cm³/mol. The third-order valence-corrected chi connectivity index (χ3v) is 3.80. The molecule has 1 amide bonds. The van der Waals surface area contributed by atoms with E-state index in [1.54, 1.807) is 18.3 Å². The molecule has 0 spiro atoms. The number of pyridine rings is 1. The van der Waals surface area contributed by atoms with Gasteiger partial charge in [-0.3, -0.25) is 4.79 Å². The van der Waals surface area contributed by atoms with Gasteiger partial charge in [0.25, 0.3) is 5.91 Å². The summed E-state index contributed by atoms with van der Waals surface area (Å²) in [5.74, 6) is -0.246. The molecule has 8 heteroatoms. The van der Waals surface area contributed by atoms with Crippen LogP contribution in [0.1, 0.15) is 10.5 Å². The molecule has 0 saturated heterocycles. The van der Waals surface area contributed by atoms with Crippen LogP contribution < -0.4 is 10.1 Å². The molecule has 4 heterocycles. The number of halogens is 2. The van der Waals surface area contributed by atoms with E-state index in [0.717, 1.165) is 16.5 Å². The second-order valence-corrected chi connectivity index (χ2v) is 5.19. The quantitative estimate of drug-likeness (QED) is 0.779. The number of rotatable bonds is 3.